The van der Waals surface area contributed by atoms with E-state index in [1.807, 2.05) is 0 Å². The minimum absolute atomic E-state index is 0.0826. The van der Waals surface area contributed by atoms with Crippen molar-refractivity contribution in [2.75, 3.05) is 23.7 Å². The maximum Gasteiger partial charge on any atom is 0.242 e. The van der Waals surface area contributed by atoms with E-state index in [0.717, 1.165) is 11.6 Å². The number of halogens is 1. The number of ether oxygens (including phenoxy) is 2. The van der Waals surface area contributed by atoms with Crippen LogP contribution < -0.4 is 20.1 Å². The number of benzene rings is 1. The van der Waals surface area contributed by atoms with Crippen molar-refractivity contribution in [3.8, 4) is 11.5 Å². The van der Waals surface area contributed by atoms with Gasteiger partial charge in [0, 0.05) is 23.8 Å². The van der Waals surface area contributed by atoms with Gasteiger partial charge < -0.3 is 14.8 Å². The Balaban J connectivity index is 1.78. The number of carbonyl (C=O) groups excluding carboxylic acids is 1. The van der Waals surface area contributed by atoms with Gasteiger partial charge in [0.15, 0.2) is 11.5 Å². The lowest BCUT2D eigenvalue weighted by molar-refractivity contribution is -0.117. The summed E-state index contributed by atoms with van der Waals surface area (Å²) in [5.41, 5.74) is 0.546. The molecule has 0 radical (unpaired) electrons. The molecule has 2 aliphatic rings. The summed E-state index contributed by atoms with van der Waals surface area (Å²) >= 11 is 7.78. The molecule has 7 heteroatoms. The highest BCUT2D eigenvalue weighted by molar-refractivity contribution is 7.99. The number of hydrogen-bond donors (Lipinski definition) is 2. The van der Waals surface area contributed by atoms with Crippen LogP contribution >= 0.6 is 23.4 Å². The molecule has 5 nitrogen and oxygen atoms in total. The van der Waals surface area contributed by atoms with Gasteiger partial charge >= 0.3 is 0 Å². The summed E-state index contributed by atoms with van der Waals surface area (Å²) < 4.78 is 10.5. The van der Waals surface area contributed by atoms with Crippen molar-refractivity contribution >= 4 is 35.0 Å². The summed E-state index contributed by atoms with van der Waals surface area (Å²) in [6.07, 6.45) is 0. The lowest BCUT2D eigenvalue weighted by atomic mass is 10.2. The van der Waals surface area contributed by atoms with Gasteiger partial charge in [-0.3, -0.25) is 10.1 Å². The van der Waals surface area contributed by atoms with Gasteiger partial charge in [0.25, 0.3) is 0 Å². The zero-order chi connectivity index (χ0) is 12.5. The van der Waals surface area contributed by atoms with Gasteiger partial charge in [0.2, 0.25) is 12.7 Å². The molecule has 1 amide bonds. The fraction of sp³-hybridized carbons (Fsp3) is 0.364. The molecule has 2 N–H and O–H groups in total. The Kier molecular flexibility index (Phi) is 3.23. The predicted octanol–water partition coefficient (Wildman–Crippen LogP) is 1.67. The van der Waals surface area contributed by atoms with Gasteiger partial charge in [0.05, 0.1) is 16.8 Å². The third-order valence-corrected chi connectivity index (χ3v) is 4.01. The summed E-state index contributed by atoms with van der Waals surface area (Å²) in [4.78, 5) is 11.9. The minimum atomic E-state index is -0.170. The van der Waals surface area contributed by atoms with E-state index in [1.54, 1.807) is 23.9 Å². The molecule has 18 heavy (non-hydrogen) atoms. The number of nitrogens with one attached hydrogen (secondary N) is 2. The number of hydrogen-bond acceptors (Lipinski definition) is 5. The van der Waals surface area contributed by atoms with E-state index in [9.17, 15) is 4.79 Å². The van der Waals surface area contributed by atoms with Crippen LogP contribution in [0, 0.1) is 0 Å². The second kappa shape index (κ2) is 4.87. The molecule has 1 saturated heterocycles. The maximum absolute atomic E-state index is 11.9. The molecule has 3 rings (SSSR count). The summed E-state index contributed by atoms with van der Waals surface area (Å²) in [7, 11) is 0. The topological polar surface area (TPSA) is 59.6 Å². The van der Waals surface area contributed by atoms with Gasteiger partial charge in [-0.25, -0.2) is 0 Å². The van der Waals surface area contributed by atoms with Crippen LogP contribution in [0.2, 0.25) is 5.02 Å². The van der Waals surface area contributed by atoms with Crippen molar-refractivity contribution < 1.29 is 14.3 Å². The molecule has 96 valence electrons. The lowest BCUT2D eigenvalue weighted by Crippen LogP contribution is -2.37. The Morgan fingerprint density at radius 2 is 2.22 bits per heavy atom. The van der Waals surface area contributed by atoms with Crippen LogP contribution in [-0.4, -0.2) is 30.4 Å². The molecule has 2 aliphatic heterocycles. The number of rotatable bonds is 2. The van der Waals surface area contributed by atoms with Crippen molar-refractivity contribution in [1.82, 2.24) is 5.32 Å². The molecule has 1 aromatic rings. The smallest absolute Gasteiger partial charge is 0.242 e. The lowest BCUT2D eigenvalue weighted by Gasteiger charge is -2.12. The van der Waals surface area contributed by atoms with E-state index in [-0.39, 0.29) is 18.7 Å². The third-order valence-electron chi connectivity index (χ3n) is 2.75. The van der Waals surface area contributed by atoms with Crippen molar-refractivity contribution in [2.24, 2.45) is 0 Å². The van der Waals surface area contributed by atoms with Crippen molar-refractivity contribution in [1.29, 1.82) is 0 Å². The largest absolute Gasteiger partial charge is 0.454 e. The van der Waals surface area contributed by atoms with Crippen molar-refractivity contribution in [2.45, 2.75) is 6.04 Å². The van der Waals surface area contributed by atoms with E-state index in [0.29, 0.717) is 22.2 Å². The fourth-order valence-corrected chi connectivity index (χ4v) is 2.94. The molecule has 0 aromatic heterocycles. The first-order valence-corrected chi connectivity index (χ1v) is 6.98. The molecule has 0 saturated carbocycles. The standard InChI is InChI=1S/C11H11ClN2O3S/c12-6-1-9-10(17-5-16-9)2-7(6)14-11(15)8-3-18-4-13-8/h1-2,8,13H,3-5H2,(H,14,15). The highest BCUT2D eigenvalue weighted by Gasteiger charge is 2.24. The normalized spacial score (nSPS) is 21.1. The average molecular weight is 287 g/mol. The van der Waals surface area contributed by atoms with Crippen molar-refractivity contribution in [3.05, 3.63) is 17.2 Å². The van der Waals surface area contributed by atoms with Crippen LogP contribution in [-0.2, 0) is 4.79 Å². The second-order valence-corrected chi connectivity index (χ2v) is 5.38. The molecule has 0 aliphatic carbocycles. The molecular formula is C11H11ClN2O3S. The summed E-state index contributed by atoms with van der Waals surface area (Å²) in [5.74, 6) is 2.69. The predicted molar refractivity (Wildman–Crippen MR) is 70.5 cm³/mol. The van der Waals surface area contributed by atoms with Crippen LogP contribution in [0.1, 0.15) is 0 Å². The number of anilines is 1. The van der Waals surface area contributed by atoms with Crippen LogP contribution in [0.15, 0.2) is 12.1 Å². The number of carbonyl (C=O) groups is 1. The highest BCUT2D eigenvalue weighted by atomic mass is 35.5. The van der Waals surface area contributed by atoms with Gasteiger partial charge in [-0.15, -0.1) is 11.8 Å². The first kappa shape index (κ1) is 12.0. The Labute approximate surface area is 113 Å². The third kappa shape index (κ3) is 2.23. The molecule has 2 heterocycles. The fourth-order valence-electron chi connectivity index (χ4n) is 1.80. The van der Waals surface area contributed by atoms with Gasteiger partial charge in [-0.05, 0) is 0 Å². The maximum atomic E-state index is 11.9. The van der Waals surface area contributed by atoms with E-state index in [1.165, 1.54) is 0 Å². The number of fused-ring (bicyclic) bond motifs is 1. The Morgan fingerprint density at radius 1 is 1.44 bits per heavy atom. The minimum Gasteiger partial charge on any atom is -0.454 e. The molecule has 1 fully saturated rings. The highest BCUT2D eigenvalue weighted by Crippen LogP contribution is 2.39. The van der Waals surface area contributed by atoms with Crippen molar-refractivity contribution in [3.63, 3.8) is 0 Å². The quantitative estimate of drug-likeness (QED) is 0.866. The Morgan fingerprint density at radius 3 is 2.94 bits per heavy atom. The Hall–Kier alpha value is -1.11. The van der Waals surface area contributed by atoms with Gasteiger partial charge in [-0.1, -0.05) is 11.6 Å². The van der Waals surface area contributed by atoms with E-state index >= 15 is 0 Å². The SMILES string of the molecule is O=C(Nc1cc2c(cc1Cl)OCO2)C1CSCN1. The number of amides is 1. The molecule has 1 atom stereocenters. The van der Waals surface area contributed by atoms with Gasteiger partial charge in [-0.2, -0.15) is 0 Å². The summed E-state index contributed by atoms with van der Waals surface area (Å²) in [6.45, 7) is 0.184. The van der Waals surface area contributed by atoms with Crippen LogP contribution in [0.4, 0.5) is 5.69 Å². The van der Waals surface area contributed by atoms with E-state index < -0.39 is 0 Å². The van der Waals surface area contributed by atoms with E-state index in [2.05, 4.69) is 10.6 Å². The first-order valence-electron chi connectivity index (χ1n) is 5.45. The monoisotopic (exact) mass is 286 g/mol. The van der Waals surface area contributed by atoms with Crippen LogP contribution in [0.25, 0.3) is 0 Å². The summed E-state index contributed by atoms with van der Waals surface area (Å²) in [6, 6.07) is 3.16. The Bertz CT molecular complexity index is 491. The van der Waals surface area contributed by atoms with Crippen LogP contribution in [0.5, 0.6) is 11.5 Å². The molecule has 0 bridgehead atoms. The molecule has 1 aromatic carbocycles. The van der Waals surface area contributed by atoms with Gasteiger partial charge in [0.1, 0.15) is 0 Å². The average Bonchev–Trinajstić information content (AvgIpc) is 2.98. The summed E-state index contributed by atoms with van der Waals surface area (Å²) in [5, 5.41) is 6.34. The number of thioether (sulfide) groups is 1. The molecular weight excluding hydrogens is 276 g/mol. The van der Waals surface area contributed by atoms with Crippen LogP contribution in [0.3, 0.4) is 0 Å². The zero-order valence-corrected chi connectivity index (χ0v) is 10.9. The zero-order valence-electron chi connectivity index (χ0n) is 9.36. The van der Waals surface area contributed by atoms with E-state index in [4.69, 9.17) is 21.1 Å². The first-order chi connectivity index (χ1) is 8.74. The second-order valence-electron chi connectivity index (χ2n) is 3.95. The molecule has 0 spiro atoms. The molecule has 1 unspecified atom stereocenters.